The van der Waals surface area contributed by atoms with Crippen molar-refractivity contribution < 1.29 is 13.2 Å². The number of anilines is 1. The topological polar surface area (TPSA) is 63.6 Å². The molecule has 0 atom stereocenters. The molecule has 0 aliphatic heterocycles. The Kier molecular flexibility index (Phi) is 4.60. The quantitative estimate of drug-likeness (QED) is 0.778. The molecule has 25 heavy (non-hydrogen) atoms. The molecule has 0 bridgehead atoms. The zero-order valence-corrected chi connectivity index (χ0v) is 13.2. The minimum absolute atomic E-state index is 0.0387. The maximum atomic E-state index is 13.1. The summed E-state index contributed by atoms with van der Waals surface area (Å²) in [6.45, 7) is 2.14. The van der Waals surface area contributed by atoms with E-state index in [-0.39, 0.29) is 18.2 Å². The number of alkyl halides is 3. The van der Waals surface area contributed by atoms with Crippen LogP contribution in [0.15, 0.2) is 48.9 Å². The predicted octanol–water partition coefficient (Wildman–Crippen LogP) is 3.87. The number of aromatic nitrogens is 4. The lowest BCUT2D eigenvalue weighted by Crippen LogP contribution is -2.12. The van der Waals surface area contributed by atoms with Gasteiger partial charge in [0.1, 0.15) is 5.82 Å². The molecule has 3 rings (SSSR count). The molecule has 0 spiro atoms. The van der Waals surface area contributed by atoms with Crippen LogP contribution < -0.4 is 5.32 Å². The van der Waals surface area contributed by atoms with Gasteiger partial charge in [0.15, 0.2) is 11.5 Å². The maximum Gasteiger partial charge on any atom is 0.433 e. The first-order valence-corrected chi connectivity index (χ1v) is 7.44. The Morgan fingerprint density at radius 1 is 1.08 bits per heavy atom. The summed E-state index contributed by atoms with van der Waals surface area (Å²) >= 11 is 0. The molecule has 0 fully saturated rings. The van der Waals surface area contributed by atoms with Crippen LogP contribution in [0, 0.1) is 6.92 Å². The van der Waals surface area contributed by atoms with Crippen molar-refractivity contribution in [1.29, 1.82) is 0 Å². The number of halogens is 3. The summed E-state index contributed by atoms with van der Waals surface area (Å²) in [6, 6.07) is 7.79. The van der Waals surface area contributed by atoms with Crippen LogP contribution in [-0.4, -0.2) is 19.9 Å². The zero-order valence-electron chi connectivity index (χ0n) is 13.2. The van der Waals surface area contributed by atoms with Gasteiger partial charge in [0, 0.05) is 30.2 Å². The maximum absolute atomic E-state index is 13.1. The number of hydrogen-bond donors (Lipinski definition) is 1. The fourth-order valence-electron chi connectivity index (χ4n) is 2.18. The smallest absolute Gasteiger partial charge is 0.364 e. The van der Waals surface area contributed by atoms with Gasteiger partial charge in [-0.3, -0.25) is 9.97 Å². The largest absolute Gasteiger partial charge is 0.433 e. The molecule has 0 amide bonds. The molecule has 128 valence electrons. The standard InChI is InChI=1S/C17H14F3N5/c1-11-4-2-7-22-13(11)10-23-15-8-14(17(18,19)20)24-16(25-15)12-5-3-6-21-9-12/h2-9H,10H2,1H3,(H,23,24,25). The first kappa shape index (κ1) is 16.8. The van der Waals surface area contributed by atoms with Gasteiger partial charge in [-0.1, -0.05) is 6.07 Å². The summed E-state index contributed by atoms with van der Waals surface area (Å²) in [5.41, 5.74) is 1.07. The Balaban J connectivity index is 1.94. The predicted molar refractivity (Wildman–Crippen MR) is 86.6 cm³/mol. The van der Waals surface area contributed by atoms with Gasteiger partial charge in [-0.05, 0) is 30.7 Å². The second kappa shape index (κ2) is 6.84. The van der Waals surface area contributed by atoms with E-state index in [2.05, 4.69) is 25.3 Å². The molecular weight excluding hydrogens is 331 g/mol. The molecule has 0 aliphatic carbocycles. The number of nitrogens with one attached hydrogen (secondary N) is 1. The molecule has 3 heterocycles. The highest BCUT2D eigenvalue weighted by atomic mass is 19.4. The van der Waals surface area contributed by atoms with Gasteiger partial charge in [0.2, 0.25) is 0 Å². The average molecular weight is 345 g/mol. The van der Waals surface area contributed by atoms with Crippen LogP contribution in [0.5, 0.6) is 0 Å². The first-order valence-electron chi connectivity index (χ1n) is 7.44. The minimum Gasteiger partial charge on any atom is -0.364 e. The van der Waals surface area contributed by atoms with Crippen LogP contribution in [0.25, 0.3) is 11.4 Å². The molecule has 0 saturated carbocycles. The van der Waals surface area contributed by atoms with Crippen molar-refractivity contribution in [2.45, 2.75) is 19.6 Å². The lowest BCUT2D eigenvalue weighted by atomic mass is 10.2. The minimum atomic E-state index is -4.57. The fraction of sp³-hybridized carbons (Fsp3) is 0.176. The van der Waals surface area contributed by atoms with E-state index in [4.69, 9.17) is 0 Å². The van der Waals surface area contributed by atoms with Crippen molar-refractivity contribution in [2.24, 2.45) is 0 Å². The number of aryl methyl sites for hydroxylation is 1. The van der Waals surface area contributed by atoms with Crippen LogP contribution in [0.1, 0.15) is 17.0 Å². The van der Waals surface area contributed by atoms with E-state index in [1.807, 2.05) is 13.0 Å². The molecule has 0 aromatic carbocycles. The molecule has 1 N–H and O–H groups in total. The van der Waals surface area contributed by atoms with Gasteiger partial charge in [-0.25, -0.2) is 9.97 Å². The molecule has 0 radical (unpaired) electrons. The second-order valence-corrected chi connectivity index (χ2v) is 5.32. The number of rotatable bonds is 4. The third-order valence-electron chi connectivity index (χ3n) is 3.49. The molecule has 3 aromatic rings. The van der Waals surface area contributed by atoms with E-state index >= 15 is 0 Å². The summed E-state index contributed by atoms with van der Waals surface area (Å²) in [6.07, 6.45) is 0.00569. The Hall–Kier alpha value is -3.03. The van der Waals surface area contributed by atoms with Crippen molar-refractivity contribution in [2.75, 3.05) is 5.32 Å². The van der Waals surface area contributed by atoms with Crippen LogP contribution in [0.2, 0.25) is 0 Å². The van der Waals surface area contributed by atoms with Crippen LogP contribution in [-0.2, 0) is 12.7 Å². The summed E-state index contributed by atoms with van der Waals surface area (Å²) in [5, 5.41) is 2.89. The third kappa shape index (κ3) is 4.09. The highest BCUT2D eigenvalue weighted by Crippen LogP contribution is 2.30. The van der Waals surface area contributed by atoms with E-state index in [1.165, 1.54) is 12.4 Å². The molecule has 0 aliphatic rings. The molecule has 8 heteroatoms. The van der Waals surface area contributed by atoms with Gasteiger partial charge < -0.3 is 5.32 Å². The lowest BCUT2D eigenvalue weighted by molar-refractivity contribution is -0.141. The zero-order chi connectivity index (χ0) is 17.9. The van der Waals surface area contributed by atoms with Crippen molar-refractivity contribution >= 4 is 5.82 Å². The van der Waals surface area contributed by atoms with Gasteiger partial charge in [-0.15, -0.1) is 0 Å². The lowest BCUT2D eigenvalue weighted by Gasteiger charge is -2.12. The summed E-state index contributed by atoms with van der Waals surface area (Å²) in [7, 11) is 0. The van der Waals surface area contributed by atoms with Crippen molar-refractivity contribution in [1.82, 2.24) is 19.9 Å². The fourth-order valence-corrected chi connectivity index (χ4v) is 2.18. The van der Waals surface area contributed by atoms with Gasteiger partial charge in [-0.2, -0.15) is 13.2 Å². The number of nitrogens with zero attached hydrogens (tertiary/aromatic N) is 4. The highest BCUT2D eigenvalue weighted by Gasteiger charge is 2.33. The summed E-state index contributed by atoms with van der Waals surface area (Å²) < 4.78 is 39.4. The summed E-state index contributed by atoms with van der Waals surface area (Å²) in [5.74, 6) is 0.0365. The molecule has 0 unspecified atom stereocenters. The van der Waals surface area contributed by atoms with Crippen molar-refractivity contribution in [3.05, 3.63) is 65.9 Å². The Morgan fingerprint density at radius 3 is 2.56 bits per heavy atom. The van der Waals surface area contributed by atoms with E-state index in [9.17, 15) is 13.2 Å². The van der Waals surface area contributed by atoms with E-state index in [0.717, 1.165) is 17.3 Å². The Bertz CT molecular complexity index is 866. The molecular formula is C17H14F3N5. The summed E-state index contributed by atoms with van der Waals surface area (Å²) in [4.78, 5) is 15.9. The number of pyridine rings is 2. The van der Waals surface area contributed by atoms with Gasteiger partial charge in [0.05, 0.1) is 12.2 Å². The molecule has 0 saturated heterocycles. The highest BCUT2D eigenvalue weighted by molar-refractivity contribution is 5.56. The van der Waals surface area contributed by atoms with E-state index in [1.54, 1.807) is 24.4 Å². The molecule has 5 nitrogen and oxygen atoms in total. The second-order valence-electron chi connectivity index (χ2n) is 5.32. The molecule has 3 aromatic heterocycles. The number of hydrogen-bond acceptors (Lipinski definition) is 5. The van der Waals surface area contributed by atoms with Crippen LogP contribution >= 0.6 is 0 Å². The Labute approximate surface area is 142 Å². The van der Waals surface area contributed by atoms with Crippen molar-refractivity contribution in [3.8, 4) is 11.4 Å². The van der Waals surface area contributed by atoms with Crippen LogP contribution in [0.3, 0.4) is 0 Å². The average Bonchev–Trinajstić information content (AvgIpc) is 2.61. The Morgan fingerprint density at radius 2 is 1.88 bits per heavy atom. The van der Waals surface area contributed by atoms with Crippen LogP contribution in [0.4, 0.5) is 19.0 Å². The van der Waals surface area contributed by atoms with E-state index < -0.39 is 11.9 Å². The first-order chi connectivity index (χ1) is 11.9. The van der Waals surface area contributed by atoms with Crippen molar-refractivity contribution in [3.63, 3.8) is 0 Å². The SMILES string of the molecule is Cc1cccnc1CNc1cc(C(F)(F)F)nc(-c2cccnc2)n1. The monoisotopic (exact) mass is 345 g/mol. The van der Waals surface area contributed by atoms with Gasteiger partial charge in [0.25, 0.3) is 0 Å². The van der Waals surface area contributed by atoms with Gasteiger partial charge >= 0.3 is 6.18 Å². The van der Waals surface area contributed by atoms with E-state index in [0.29, 0.717) is 5.56 Å². The normalized spacial score (nSPS) is 11.4. The third-order valence-corrected chi connectivity index (χ3v) is 3.49.